The van der Waals surface area contributed by atoms with Crippen molar-refractivity contribution in [2.24, 2.45) is 0 Å². The first kappa shape index (κ1) is 24.3. The van der Waals surface area contributed by atoms with Gasteiger partial charge in [-0.2, -0.15) is 0 Å². The predicted molar refractivity (Wildman–Crippen MR) is 139 cm³/mol. The number of benzene rings is 1. The topological polar surface area (TPSA) is 64.6 Å². The number of nitrogens with one attached hydrogen (secondary N) is 1. The van der Waals surface area contributed by atoms with Gasteiger partial charge in [0.25, 0.3) is 5.91 Å². The number of rotatable bonds is 6. The number of nitrogens with zero attached hydrogens (tertiary/aromatic N) is 5. The highest BCUT2D eigenvalue weighted by Gasteiger charge is 2.23. The zero-order valence-electron chi connectivity index (χ0n) is 20.7. The molecule has 2 fully saturated rings. The van der Waals surface area contributed by atoms with E-state index in [9.17, 15) is 9.18 Å². The van der Waals surface area contributed by atoms with Crippen LogP contribution in [-0.4, -0.2) is 78.0 Å². The number of likely N-dealkylation sites (N-methyl/N-ethyl adjacent to an activating group) is 1. The summed E-state index contributed by atoms with van der Waals surface area (Å²) in [5.41, 5.74) is 2.73. The summed E-state index contributed by atoms with van der Waals surface area (Å²) in [6.07, 6.45) is 6.92. The van der Waals surface area contributed by atoms with E-state index >= 15 is 0 Å². The summed E-state index contributed by atoms with van der Waals surface area (Å²) in [5, 5.41) is 3.13. The zero-order valence-corrected chi connectivity index (χ0v) is 20.7. The van der Waals surface area contributed by atoms with Gasteiger partial charge < -0.3 is 15.1 Å². The van der Waals surface area contributed by atoms with Gasteiger partial charge in [-0.15, -0.1) is 0 Å². The van der Waals surface area contributed by atoms with Crippen molar-refractivity contribution < 1.29 is 9.18 Å². The Morgan fingerprint density at radius 2 is 1.83 bits per heavy atom. The number of piperazine rings is 1. The fourth-order valence-electron chi connectivity index (χ4n) is 4.89. The standard InChI is InChI=1S/C28H33FN6O/c1-33-13-15-34(16-14-33)20-21-4-7-27(31-18-21)35-11-8-24(9-12-35)32-28(36)22-5-6-26(29)25(17-22)23-3-2-10-30-19-23/h2-7,10,17-19,24H,8-9,11-16,20H2,1H3,(H,32,36). The van der Waals surface area contributed by atoms with Gasteiger partial charge in [0.1, 0.15) is 11.6 Å². The number of anilines is 1. The van der Waals surface area contributed by atoms with Gasteiger partial charge in [-0.05, 0) is 55.8 Å². The number of hydrogen-bond donors (Lipinski definition) is 1. The smallest absolute Gasteiger partial charge is 0.251 e. The monoisotopic (exact) mass is 488 g/mol. The van der Waals surface area contributed by atoms with Crippen LogP contribution in [0, 0.1) is 5.82 Å². The molecule has 3 aromatic rings. The maximum absolute atomic E-state index is 14.4. The van der Waals surface area contributed by atoms with Crippen molar-refractivity contribution >= 4 is 11.7 Å². The van der Waals surface area contributed by atoms with Crippen molar-refractivity contribution in [2.45, 2.75) is 25.4 Å². The van der Waals surface area contributed by atoms with Crippen LogP contribution in [0.15, 0.2) is 61.1 Å². The number of hydrogen-bond acceptors (Lipinski definition) is 6. The molecular formula is C28H33FN6O. The lowest BCUT2D eigenvalue weighted by molar-refractivity contribution is 0.0931. The Hall–Kier alpha value is -3.36. The molecule has 2 aliphatic heterocycles. The van der Waals surface area contributed by atoms with Gasteiger partial charge in [0, 0.05) is 87.1 Å². The lowest BCUT2D eigenvalue weighted by Gasteiger charge is -2.34. The molecule has 0 spiro atoms. The molecule has 0 unspecified atom stereocenters. The van der Waals surface area contributed by atoms with E-state index in [1.807, 2.05) is 6.20 Å². The van der Waals surface area contributed by atoms with Gasteiger partial charge >= 0.3 is 0 Å². The Bertz CT molecular complexity index is 1160. The molecule has 8 heteroatoms. The third-order valence-corrected chi connectivity index (χ3v) is 7.17. The number of amides is 1. The summed E-state index contributed by atoms with van der Waals surface area (Å²) in [6, 6.07) is 12.4. The maximum Gasteiger partial charge on any atom is 0.251 e. The second kappa shape index (κ2) is 11.1. The van der Waals surface area contributed by atoms with Gasteiger partial charge in [-0.1, -0.05) is 12.1 Å². The SMILES string of the molecule is CN1CCN(Cc2ccc(N3CCC(NC(=O)c4ccc(F)c(-c5cccnc5)c4)CC3)nc2)CC1. The summed E-state index contributed by atoms with van der Waals surface area (Å²) in [5.74, 6) is 0.446. The molecule has 2 aromatic heterocycles. The molecule has 1 aromatic carbocycles. The Labute approximate surface area is 212 Å². The van der Waals surface area contributed by atoms with Gasteiger partial charge in [0.05, 0.1) is 0 Å². The van der Waals surface area contributed by atoms with Crippen molar-refractivity contribution in [3.63, 3.8) is 0 Å². The number of carbonyl (C=O) groups excluding carboxylic acids is 1. The molecule has 188 valence electrons. The van der Waals surface area contributed by atoms with E-state index in [-0.39, 0.29) is 17.8 Å². The lowest BCUT2D eigenvalue weighted by Crippen LogP contribution is -2.45. The Balaban J connectivity index is 1.13. The van der Waals surface area contributed by atoms with E-state index in [1.54, 1.807) is 30.6 Å². The largest absolute Gasteiger partial charge is 0.356 e. The minimum Gasteiger partial charge on any atom is -0.356 e. The molecule has 0 saturated carbocycles. The molecule has 2 saturated heterocycles. The summed E-state index contributed by atoms with van der Waals surface area (Å²) in [6.45, 7) is 7.04. The third kappa shape index (κ3) is 5.88. The fourth-order valence-corrected chi connectivity index (χ4v) is 4.89. The minimum absolute atomic E-state index is 0.0807. The van der Waals surface area contributed by atoms with E-state index < -0.39 is 0 Å². The molecule has 4 heterocycles. The zero-order chi connectivity index (χ0) is 24.9. The van der Waals surface area contributed by atoms with Crippen LogP contribution in [0.1, 0.15) is 28.8 Å². The first-order chi connectivity index (χ1) is 17.5. The van der Waals surface area contributed by atoms with Crippen molar-refractivity contribution in [2.75, 3.05) is 51.2 Å². The van der Waals surface area contributed by atoms with Crippen molar-refractivity contribution in [3.05, 3.63) is 78.0 Å². The summed E-state index contributed by atoms with van der Waals surface area (Å²) < 4.78 is 14.4. The van der Waals surface area contributed by atoms with Crippen LogP contribution in [0.4, 0.5) is 10.2 Å². The molecule has 0 bridgehead atoms. The fraction of sp³-hybridized carbons (Fsp3) is 0.393. The van der Waals surface area contributed by atoms with E-state index in [0.29, 0.717) is 16.7 Å². The average Bonchev–Trinajstić information content (AvgIpc) is 2.92. The van der Waals surface area contributed by atoms with Crippen molar-refractivity contribution in [1.82, 2.24) is 25.1 Å². The second-order valence-electron chi connectivity index (χ2n) is 9.78. The van der Waals surface area contributed by atoms with Crippen molar-refractivity contribution in [1.29, 1.82) is 0 Å². The van der Waals surface area contributed by atoms with Crippen LogP contribution in [0.25, 0.3) is 11.1 Å². The predicted octanol–water partition coefficient (Wildman–Crippen LogP) is 3.43. The Morgan fingerprint density at radius 1 is 1.03 bits per heavy atom. The van der Waals surface area contributed by atoms with E-state index in [2.05, 4.69) is 44.2 Å². The molecule has 1 amide bonds. The normalized spacial score (nSPS) is 17.8. The minimum atomic E-state index is -0.366. The van der Waals surface area contributed by atoms with Crippen LogP contribution < -0.4 is 10.2 Å². The molecular weight excluding hydrogens is 455 g/mol. The average molecular weight is 489 g/mol. The number of carbonyl (C=O) groups is 1. The Morgan fingerprint density at radius 3 is 2.53 bits per heavy atom. The first-order valence-electron chi connectivity index (χ1n) is 12.7. The van der Waals surface area contributed by atoms with Crippen LogP contribution in [0.5, 0.6) is 0 Å². The molecule has 1 N–H and O–H groups in total. The highest BCUT2D eigenvalue weighted by Crippen LogP contribution is 2.24. The van der Waals surface area contributed by atoms with E-state index in [4.69, 9.17) is 4.98 Å². The van der Waals surface area contributed by atoms with Gasteiger partial charge in [-0.3, -0.25) is 14.7 Å². The number of halogens is 1. The summed E-state index contributed by atoms with van der Waals surface area (Å²) in [7, 11) is 2.17. The molecule has 2 aliphatic rings. The summed E-state index contributed by atoms with van der Waals surface area (Å²) >= 11 is 0. The molecule has 0 atom stereocenters. The quantitative estimate of drug-likeness (QED) is 0.574. The van der Waals surface area contributed by atoms with Crippen molar-refractivity contribution in [3.8, 4) is 11.1 Å². The van der Waals surface area contributed by atoms with Crippen LogP contribution in [-0.2, 0) is 6.54 Å². The molecule has 0 radical (unpaired) electrons. The molecule has 5 rings (SSSR count). The van der Waals surface area contributed by atoms with Gasteiger partial charge in [-0.25, -0.2) is 9.37 Å². The first-order valence-corrected chi connectivity index (χ1v) is 12.7. The van der Waals surface area contributed by atoms with Gasteiger partial charge in [0.15, 0.2) is 0 Å². The summed E-state index contributed by atoms with van der Waals surface area (Å²) in [4.78, 5) is 28.8. The molecule has 7 nitrogen and oxygen atoms in total. The third-order valence-electron chi connectivity index (χ3n) is 7.17. The van der Waals surface area contributed by atoms with E-state index in [1.165, 1.54) is 17.7 Å². The second-order valence-corrected chi connectivity index (χ2v) is 9.78. The molecule has 36 heavy (non-hydrogen) atoms. The van der Waals surface area contributed by atoms with Crippen LogP contribution >= 0.6 is 0 Å². The van der Waals surface area contributed by atoms with Gasteiger partial charge in [0.2, 0.25) is 0 Å². The number of piperidine rings is 1. The highest BCUT2D eigenvalue weighted by atomic mass is 19.1. The molecule has 0 aliphatic carbocycles. The highest BCUT2D eigenvalue weighted by molar-refractivity contribution is 5.95. The Kier molecular flexibility index (Phi) is 7.53. The van der Waals surface area contributed by atoms with E-state index in [0.717, 1.165) is 64.5 Å². The van der Waals surface area contributed by atoms with Crippen LogP contribution in [0.3, 0.4) is 0 Å². The number of aromatic nitrogens is 2. The number of pyridine rings is 2. The lowest BCUT2D eigenvalue weighted by atomic mass is 10.0. The maximum atomic E-state index is 14.4. The van der Waals surface area contributed by atoms with Crippen LogP contribution in [0.2, 0.25) is 0 Å².